The van der Waals surface area contributed by atoms with Crippen molar-refractivity contribution >= 4 is 5.97 Å². The third-order valence-corrected chi connectivity index (χ3v) is 1.88. The third-order valence-electron chi connectivity index (χ3n) is 1.88. The van der Waals surface area contributed by atoms with Gasteiger partial charge in [0, 0.05) is 6.54 Å². The Balaban J connectivity index is 2.34. The van der Waals surface area contributed by atoms with Gasteiger partial charge in [-0.05, 0) is 19.0 Å². The van der Waals surface area contributed by atoms with Gasteiger partial charge in [-0.2, -0.15) is 0 Å². The Bertz CT molecular complexity index is 201. The average Bonchev–Trinajstić information content (AvgIpc) is 2.55. The van der Waals surface area contributed by atoms with Gasteiger partial charge in [0.2, 0.25) is 0 Å². The zero-order valence-corrected chi connectivity index (χ0v) is 7.17. The summed E-state index contributed by atoms with van der Waals surface area (Å²) in [5.41, 5.74) is 6.75. The lowest BCUT2D eigenvalue weighted by Crippen LogP contribution is -2.31. The van der Waals surface area contributed by atoms with Crippen molar-refractivity contribution in [2.45, 2.75) is 18.9 Å². The molecule has 3 N–H and O–H groups in total. The van der Waals surface area contributed by atoms with Gasteiger partial charge in [-0.1, -0.05) is 5.57 Å². The first-order chi connectivity index (χ1) is 5.74. The Labute approximate surface area is 71.8 Å². The van der Waals surface area contributed by atoms with Crippen LogP contribution in [0, 0.1) is 0 Å². The molecule has 0 aromatic rings. The van der Waals surface area contributed by atoms with Crippen LogP contribution >= 0.6 is 0 Å². The maximum atomic E-state index is 10.9. The van der Waals surface area contributed by atoms with Crippen LogP contribution in [0.5, 0.6) is 0 Å². The van der Waals surface area contributed by atoms with E-state index in [1.807, 2.05) is 6.20 Å². The molecule has 1 aliphatic heterocycles. The Hall–Kier alpha value is -1.03. The second-order valence-electron chi connectivity index (χ2n) is 2.84. The molecule has 0 aromatic carbocycles. The molecule has 0 bridgehead atoms. The van der Waals surface area contributed by atoms with Crippen molar-refractivity contribution in [3.8, 4) is 0 Å². The molecule has 0 radical (unpaired) electrons. The highest BCUT2D eigenvalue weighted by Gasteiger charge is 2.16. The number of rotatable bonds is 3. The van der Waals surface area contributed by atoms with Gasteiger partial charge in [0.1, 0.15) is 6.04 Å². The Kier molecular flexibility index (Phi) is 3.10. The minimum atomic E-state index is -0.513. The van der Waals surface area contributed by atoms with Gasteiger partial charge in [0.25, 0.3) is 0 Å². The average molecular weight is 170 g/mol. The fourth-order valence-corrected chi connectivity index (χ4v) is 1.20. The second-order valence-corrected chi connectivity index (χ2v) is 2.84. The zero-order chi connectivity index (χ0) is 8.97. The van der Waals surface area contributed by atoms with Crippen molar-refractivity contribution < 1.29 is 9.53 Å². The maximum Gasteiger partial charge on any atom is 0.322 e. The summed E-state index contributed by atoms with van der Waals surface area (Å²) >= 11 is 0. The molecule has 1 heterocycles. The van der Waals surface area contributed by atoms with E-state index in [1.165, 1.54) is 12.7 Å². The maximum absolute atomic E-state index is 10.9. The highest BCUT2D eigenvalue weighted by Crippen LogP contribution is 2.12. The molecular formula is C8H14N2O2. The van der Waals surface area contributed by atoms with Crippen LogP contribution < -0.4 is 11.1 Å². The Morgan fingerprint density at radius 3 is 3.17 bits per heavy atom. The second kappa shape index (κ2) is 4.11. The molecule has 4 nitrogen and oxygen atoms in total. The Morgan fingerprint density at radius 2 is 2.67 bits per heavy atom. The Morgan fingerprint density at radius 1 is 1.92 bits per heavy atom. The van der Waals surface area contributed by atoms with Crippen LogP contribution in [0.4, 0.5) is 0 Å². The molecule has 12 heavy (non-hydrogen) atoms. The van der Waals surface area contributed by atoms with Gasteiger partial charge < -0.3 is 15.8 Å². The van der Waals surface area contributed by atoms with Crippen molar-refractivity contribution in [2.24, 2.45) is 5.73 Å². The van der Waals surface area contributed by atoms with E-state index in [1.54, 1.807) is 0 Å². The number of carbonyl (C=O) groups is 1. The lowest BCUT2D eigenvalue weighted by Gasteiger charge is -2.08. The lowest BCUT2D eigenvalue weighted by molar-refractivity contribution is -0.142. The first-order valence-electron chi connectivity index (χ1n) is 3.98. The summed E-state index contributed by atoms with van der Waals surface area (Å²) in [6.07, 6.45) is 3.49. The molecule has 1 aliphatic rings. The van der Waals surface area contributed by atoms with Crippen molar-refractivity contribution in [2.75, 3.05) is 13.7 Å². The summed E-state index contributed by atoms with van der Waals surface area (Å²) in [6.45, 7) is 0.948. The molecule has 68 valence electrons. The molecule has 1 rings (SSSR count). The van der Waals surface area contributed by atoms with Crippen molar-refractivity contribution in [3.63, 3.8) is 0 Å². The quantitative estimate of drug-likeness (QED) is 0.573. The summed E-state index contributed by atoms with van der Waals surface area (Å²) in [7, 11) is 1.35. The number of ether oxygens (including phenoxy) is 1. The number of carbonyl (C=O) groups excluding carboxylic acids is 1. The standard InChI is InChI=1S/C8H14N2O2/c1-12-8(11)7(9)4-6-2-3-10-5-6/h5,7,10H,2-4,9H2,1H3. The first kappa shape index (κ1) is 9.06. The molecule has 0 aliphatic carbocycles. The molecule has 0 saturated heterocycles. The smallest absolute Gasteiger partial charge is 0.322 e. The first-order valence-corrected chi connectivity index (χ1v) is 3.98. The predicted octanol–water partition coefficient (Wildman–Crippen LogP) is -0.246. The summed E-state index contributed by atoms with van der Waals surface area (Å²) in [4.78, 5) is 10.9. The number of hydrogen-bond acceptors (Lipinski definition) is 4. The van der Waals surface area contributed by atoms with Gasteiger partial charge in [-0.3, -0.25) is 4.79 Å². The van der Waals surface area contributed by atoms with Crippen LogP contribution in [0.2, 0.25) is 0 Å². The summed E-state index contributed by atoms with van der Waals surface area (Å²) in [5, 5.41) is 3.06. The normalized spacial score (nSPS) is 18.0. The zero-order valence-electron chi connectivity index (χ0n) is 7.17. The van der Waals surface area contributed by atoms with E-state index in [9.17, 15) is 4.79 Å². The summed E-state index contributed by atoms with van der Waals surface area (Å²) in [6, 6.07) is -0.513. The van der Waals surface area contributed by atoms with Crippen LogP contribution in [0.25, 0.3) is 0 Å². The van der Waals surface area contributed by atoms with Gasteiger partial charge >= 0.3 is 5.97 Å². The van der Waals surface area contributed by atoms with Crippen LogP contribution in [0.15, 0.2) is 11.8 Å². The fraction of sp³-hybridized carbons (Fsp3) is 0.625. The van der Waals surface area contributed by atoms with Gasteiger partial charge in [-0.25, -0.2) is 0 Å². The van der Waals surface area contributed by atoms with E-state index in [4.69, 9.17) is 5.73 Å². The molecule has 1 unspecified atom stereocenters. The monoisotopic (exact) mass is 170 g/mol. The van der Waals surface area contributed by atoms with E-state index in [2.05, 4.69) is 10.1 Å². The van der Waals surface area contributed by atoms with Gasteiger partial charge in [0.15, 0.2) is 0 Å². The number of nitrogens with two attached hydrogens (primary N) is 1. The third kappa shape index (κ3) is 2.23. The molecule has 0 spiro atoms. The van der Waals surface area contributed by atoms with E-state index >= 15 is 0 Å². The predicted molar refractivity (Wildman–Crippen MR) is 45.3 cm³/mol. The largest absolute Gasteiger partial charge is 0.468 e. The fourth-order valence-electron chi connectivity index (χ4n) is 1.20. The molecule has 0 amide bonds. The minimum absolute atomic E-state index is 0.345. The summed E-state index contributed by atoms with van der Waals surface area (Å²) < 4.78 is 4.51. The van der Waals surface area contributed by atoms with E-state index in [0.29, 0.717) is 6.42 Å². The topological polar surface area (TPSA) is 64.3 Å². The van der Waals surface area contributed by atoms with Crippen molar-refractivity contribution in [1.29, 1.82) is 0 Å². The minimum Gasteiger partial charge on any atom is -0.468 e. The summed E-state index contributed by atoms with van der Waals surface area (Å²) in [5.74, 6) is -0.345. The van der Waals surface area contributed by atoms with E-state index in [0.717, 1.165) is 13.0 Å². The molecule has 0 fully saturated rings. The SMILES string of the molecule is COC(=O)C(N)CC1=CNCC1. The van der Waals surface area contributed by atoms with Crippen LogP contribution in [-0.2, 0) is 9.53 Å². The molecule has 0 saturated carbocycles. The molecular weight excluding hydrogens is 156 g/mol. The highest BCUT2D eigenvalue weighted by atomic mass is 16.5. The van der Waals surface area contributed by atoms with E-state index < -0.39 is 6.04 Å². The van der Waals surface area contributed by atoms with Crippen LogP contribution in [0.1, 0.15) is 12.8 Å². The highest BCUT2D eigenvalue weighted by molar-refractivity contribution is 5.75. The van der Waals surface area contributed by atoms with Crippen LogP contribution in [0.3, 0.4) is 0 Å². The van der Waals surface area contributed by atoms with Gasteiger partial charge in [0.05, 0.1) is 7.11 Å². The molecule has 4 heteroatoms. The molecule has 1 atom stereocenters. The van der Waals surface area contributed by atoms with Crippen LogP contribution in [-0.4, -0.2) is 25.7 Å². The number of methoxy groups -OCH3 is 1. The van der Waals surface area contributed by atoms with Crippen molar-refractivity contribution in [1.82, 2.24) is 5.32 Å². The lowest BCUT2D eigenvalue weighted by atomic mass is 10.1. The number of esters is 1. The van der Waals surface area contributed by atoms with Gasteiger partial charge in [-0.15, -0.1) is 0 Å². The van der Waals surface area contributed by atoms with E-state index in [-0.39, 0.29) is 5.97 Å². The van der Waals surface area contributed by atoms with Crippen molar-refractivity contribution in [3.05, 3.63) is 11.8 Å². The number of hydrogen-bond donors (Lipinski definition) is 2. The number of nitrogens with one attached hydrogen (secondary N) is 1. The molecule has 0 aromatic heterocycles.